The van der Waals surface area contributed by atoms with E-state index in [4.69, 9.17) is 23.7 Å². The summed E-state index contributed by atoms with van der Waals surface area (Å²) in [5, 5.41) is 72.5. The van der Waals surface area contributed by atoms with Crippen molar-refractivity contribution in [1.82, 2.24) is 0 Å². The molecule has 1 saturated heterocycles. The molecule has 1 aromatic rings. The molecule has 0 aromatic heterocycles. The molecular formula is C25H32O13. The van der Waals surface area contributed by atoms with Crippen LogP contribution < -0.4 is 4.74 Å². The summed E-state index contributed by atoms with van der Waals surface area (Å²) in [5.41, 5.74) is -1.58. The van der Waals surface area contributed by atoms with Crippen LogP contribution in [0.1, 0.15) is 5.56 Å². The van der Waals surface area contributed by atoms with Gasteiger partial charge in [0.15, 0.2) is 6.29 Å². The zero-order chi connectivity index (χ0) is 27.6. The number of esters is 1. The van der Waals surface area contributed by atoms with E-state index in [1.807, 2.05) is 0 Å². The van der Waals surface area contributed by atoms with Gasteiger partial charge in [0.2, 0.25) is 6.29 Å². The van der Waals surface area contributed by atoms with E-state index >= 15 is 0 Å². The number of fused-ring (bicyclic) bond motifs is 1. The number of ether oxygens (including phenoxy) is 5. The van der Waals surface area contributed by atoms with E-state index in [2.05, 4.69) is 0 Å². The minimum absolute atomic E-state index is 0.638. The normalized spacial score (nSPS) is 40.5. The summed E-state index contributed by atoms with van der Waals surface area (Å²) in [6, 6.07) is 6.83. The lowest BCUT2D eigenvalue weighted by molar-refractivity contribution is -0.348. The van der Waals surface area contributed by atoms with Gasteiger partial charge >= 0.3 is 5.97 Å². The highest BCUT2D eigenvalue weighted by Gasteiger charge is 2.64. The molecule has 11 atom stereocenters. The highest BCUT2D eigenvalue weighted by atomic mass is 16.8. The zero-order valence-corrected chi connectivity index (χ0v) is 20.4. The third kappa shape index (κ3) is 5.43. The fourth-order valence-electron chi connectivity index (χ4n) is 4.92. The monoisotopic (exact) mass is 540 g/mol. The third-order valence-corrected chi connectivity index (χ3v) is 7.12. The second-order valence-electron chi connectivity index (χ2n) is 9.41. The largest absolute Gasteiger partial charge is 0.497 e. The summed E-state index contributed by atoms with van der Waals surface area (Å²) >= 11 is 0. The predicted octanol–water partition coefficient (Wildman–Crippen LogP) is -2.36. The third-order valence-electron chi connectivity index (χ3n) is 7.12. The quantitative estimate of drug-likeness (QED) is 0.136. The van der Waals surface area contributed by atoms with Gasteiger partial charge in [-0.3, -0.25) is 0 Å². The maximum Gasteiger partial charge on any atom is 0.330 e. The van der Waals surface area contributed by atoms with Crippen LogP contribution in [0.5, 0.6) is 5.75 Å². The molecule has 13 heteroatoms. The molecule has 2 fully saturated rings. The Bertz CT molecular complexity index is 1010. The molecule has 0 radical (unpaired) electrons. The molecule has 210 valence electrons. The van der Waals surface area contributed by atoms with Crippen molar-refractivity contribution in [2.75, 3.05) is 20.3 Å². The highest BCUT2D eigenvalue weighted by molar-refractivity contribution is 5.87. The van der Waals surface area contributed by atoms with Crippen molar-refractivity contribution in [3.63, 3.8) is 0 Å². The Kier molecular flexibility index (Phi) is 8.72. The Balaban J connectivity index is 1.47. The molecule has 2 aliphatic heterocycles. The number of hydrogen-bond acceptors (Lipinski definition) is 13. The Labute approximate surface area is 217 Å². The Hall–Kier alpha value is -2.59. The van der Waals surface area contributed by atoms with Crippen LogP contribution in [0.15, 0.2) is 42.7 Å². The number of carbonyl (C=O) groups excluding carboxylic acids is 1. The number of benzene rings is 1. The first kappa shape index (κ1) is 28.4. The van der Waals surface area contributed by atoms with Crippen LogP contribution in [0.25, 0.3) is 6.08 Å². The maximum absolute atomic E-state index is 12.4. The zero-order valence-electron chi connectivity index (χ0n) is 20.4. The molecular weight excluding hydrogens is 508 g/mol. The van der Waals surface area contributed by atoms with Crippen molar-refractivity contribution < 1.29 is 64.2 Å². The van der Waals surface area contributed by atoms with E-state index < -0.39 is 85.8 Å². The summed E-state index contributed by atoms with van der Waals surface area (Å²) in [6.07, 6.45) is -7.53. The molecule has 0 bridgehead atoms. The van der Waals surface area contributed by atoms with Crippen molar-refractivity contribution in [1.29, 1.82) is 0 Å². The molecule has 11 unspecified atom stereocenters. The lowest BCUT2D eigenvalue weighted by atomic mass is 9.83. The summed E-state index contributed by atoms with van der Waals surface area (Å²) in [5.74, 6) is -2.33. The van der Waals surface area contributed by atoms with Gasteiger partial charge in [-0.1, -0.05) is 12.1 Å². The van der Waals surface area contributed by atoms with Gasteiger partial charge in [0.05, 0.1) is 32.0 Å². The van der Waals surface area contributed by atoms with Crippen LogP contribution in [0.2, 0.25) is 0 Å². The van der Waals surface area contributed by atoms with Crippen LogP contribution in [0.3, 0.4) is 0 Å². The summed E-state index contributed by atoms with van der Waals surface area (Å²) in [7, 11) is 1.53. The standard InChI is InChI=1S/C25H32O13/c1-34-13-5-2-12(3-6-13)4-7-16(27)36-11-25(33)17-14(18(28)22(25)32)8-9-35-23(17)38-24-21(31)20(30)19(29)15(10-26)37-24/h2-9,14-15,17-24,26,28-33H,10-11H2,1H3. The molecule has 13 nitrogen and oxygen atoms in total. The van der Waals surface area contributed by atoms with Gasteiger partial charge in [-0.15, -0.1) is 0 Å². The highest BCUT2D eigenvalue weighted by Crippen LogP contribution is 2.47. The van der Waals surface area contributed by atoms with Gasteiger partial charge < -0.3 is 59.4 Å². The molecule has 2 heterocycles. The molecule has 1 aromatic carbocycles. The second-order valence-corrected chi connectivity index (χ2v) is 9.41. The molecule has 38 heavy (non-hydrogen) atoms. The summed E-state index contributed by atoms with van der Waals surface area (Å²) < 4.78 is 26.7. The fraction of sp³-hybridized carbons (Fsp3) is 0.560. The van der Waals surface area contributed by atoms with E-state index in [0.717, 1.165) is 6.08 Å². The minimum Gasteiger partial charge on any atom is -0.497 e. The number of methoxy groups -OCH3 is 1. The second kappa shape index (κ2) is 11.7. The van der Waals surface area contributed by atoms with Gasteiger partial charge in [-0.2, -0.15) is 0 Å². The van der Waals surface area contributed by atoms with Gasteiger partial charge in [0, 0.05) is 12.0 Å². The van der Waals surface area contributed by atoms with Crippen molar-refractivity contribution in [2.45, 2.75) is 54.8 Å². The molecule has 1 saturated carbocycles. The molecule has 4 rings (SSSR count). The summed E-state index contributed by atoms with van der Waals surface area (Å²) in [4.78, 5) is 12.4. The Morgan fingerprint density at radius 2 is 1.74 bits per heavy atom. The number of aliphatic hydroxyl groups is 7. The van der Waals surface area contributed by atoms with Crippen LogP contribution in [-0.4, -0.2) is 117 Å². The van der Waals surface area contributed by atoms with E-state index in [9.17, 15) is 40.5 Å². The number of rotatable bonds is 8. The van der Waals surface area contributed by atoms with E-state index in [1.165, 1.54) is 25.5 Å². The van der Waals surface area contributed by atoms with E-state index in [0.29, 0.717) is 11.3 Å². The lowest BCUT2D eigenvalue weighted by Gasteiger charge is -2.44. The van der Waals surface area contributed by atoms with Crippen LogP contribution >= 0.6 is 0 Å². The first-order valence-corrected chi connectivity index (χ1v) is 12.0. The number of carbonyl (C=O) groups is 1. The molecule has 3 aliphatic rings. The van der Waals surface area contributed by atoms with Crippen LogP contribution in [0, 0.1) is 11.8 Å². The first-order valence-electron chi connectivity index (χ1n) is 12.0. The average molecular weight is 541 g/mol. The van der Waals surface area contributed by atoms with Crippen LogP contribution in [0.4, 0.5) is 0 Å². The molecule has 0 amide bonds. The minimum atomic E-state index is -2.25. The first-order chi connectivity index (χ1) is 18.1. The topological polar surface area (TPSA) is 205 Å². The maximum atomic E-state index is 12.4. The smallest absolute Gasteiger partial charge is 0.330 e. The fourth-order valence-corrected chi connectivity index (χ4v) is 4.92. The Morgan fingerprint density at radius 3 is 2.39 bits per heavy atom. The van der Waals surface area contributed by atoms with E-state index in [1.54, 1.807) is 24.3 Å². The number of aliphatic hydroxyl groups excluding tert-OH is 6. The predicted molar refractivity (Wildman–Crippen MR) is 126 cm³/mol. The van der Waals surface area contributed by atoms with Crippen molar-refractivity contribution in [3.05, 3.63) is 48.2 Å². The van der Waals surface area contributed by atoms with Gasteiger partial charge in [-0.25, -0.2) is 4.79 Å². The average Bonchev–Trinajstić information content (AvgIpc) is 3.13. The van der Waals surface area contributed by atoms with Gasteiger partial charge in [0.1, 0.15) is 48.5 Å². The molecule has 1 aliphatic carbocycles. The van der Waals surface area contributed by atoms with Crippen molar-refractivity contribution in [3.8, 4) is 5.75 Å². The number of hydrogen-bond donors (Lipinski definition) is 7. The van der Waals surface area contributed by atoms with Gasteiger partial charge in [0.25, 0.3) is 0 Å². The van der Waals surface area contributed by atoms with Crippen molar-refractivity contribution in [2.24, 2.45) is 11.8 Å². The molecule has 0 spiro atoms. The van der Waals surface area contributed by atoms with Crippen LogP contribution in [-0.2, 0) is 23.7 Å². The SMILES string of the molecule is COc1ccc(C=CC(=O)OCC2(O)C(O)C(O)C3C=COC(OC4OC(CO)C(O)C(O)C4O)C32)cc1. The summed E-state index contributed by atoms with van der Waals surface area (Å²) in [6.45, 7) is -1.44. The van der Waals surface area contributed by atoms with Gasteiger partial charge in [-0.05, 0) is 29.8 Å². The Morgan fingerprint density at radius 1 is 1.03 bits per heavy atom. The van der Waals surface area contributed by atoms with Crippen molar-refractivity contribution >= 4 is 12.0 Å². The van der Waals surface area contributed by atoms with E-state index in [-0.39, 0.29) is 0 Å². The lowest BCUT2D eigenvalue weighted by Crippen LogP contribution is -2.61. The molecule has 7 N–H and O–H groups in total.